The number of nitrogens with one attached hydrogen (secondary N) is 2. The SMILES string of the molecule is CN(C)CCOCC1C=C2C=Cc3cscc3C3=CC=CCC23NN1. The summed E-state index contributed by atoms with van der Waals surface area (Å²) in [6.07, 6.45) is 14.4. The number of thiophene rings is 1. The minimum atomic E-state index is -0.183. The van der Waals surface area contributed by atoms with E-state index in [-0.39, 0.29) is 11.6 Å². The number of nitrogens with zero attached hydrogens (tertiary/aromatic N) is 1. The van der Waals surface area contributed by atoms with E-state index in [0.29, 0.717) is 6.61 Å². The molecule has 0 saturated heterocycles. The molecule has 2 N–H and O–H groups in total. The topological polar surface area (TPSA) is 36.5 Å². The van der Waals surface area contributed by atoms with Crippen LogP contribution >= 0.6 is 11.3 Å². The number of hydrogen-bond acceptors (Lipinski definition) is 5. The summed E-state index contributed by atoms with van der Waals surface area (Å²) in [7, 11) is 4.13. The van der Waals surface area contributed by atoms with Crippen LogP contribution in [0.1, 0.15) is 17.5 Å². The van der Waals surface area contributed by atoms with Gasteiger partial charge in [0, 0.05) is 6.54 Å². The molecule has 0 aromatic carbocycles. The van der Waals surface area contributed by atoms with Gasteiger partial charge in [0.15, 0.2) is 0 Å². The second kappa shape index (κ2) is 7.02. The molecule has 2 unspecified atom stereocenters. The number of hydrazine groups is 1. The van der Waals surface area contributed by atoms with Crippen LogP contribution in [0.2, 0.25) is 0 Å². The summed E-state index contributed by atoms with van der Waals surface area (Å²) >= 11 is 1.77. The molecule has 0 bridgehead atoms. The van der Waals surface area contributed by atoms with E-state index >= 15 is 0 Å². The Morgan fingerprint density at radius 3 is 3.12 bits per heavy atom. The first kappa shape index (κ1) is 16.9. The lowest BCUT2D eigenvalue weighted by Gasteiger charge is -2.43. The largest absolute Gasteiger partial charge is 0.378 e. The van der Waals surface area contributed by atoms with Crippen molar-refractivity contribution in [3.8, 4) is 0 Å². The molecule has 0 saturated carbocycles. The van der Waals surface area contributed by atoms with E-state index in [2.05, 4.69) is 77.1 Å². The number of allylic oxidation sites excluding steroid dienone is 2. The zero-order valence-electron chi connectivity index (χ0n) is 14.8. The molecule has 0 fully saturated rings. The van der Waals surface area contributed by atoms with Gasteiger partial charge in [0.25, 0.3) is 0 Å². The second-order valence-electron chi connectivity index (χ2n) is 7.07. The van der Waals surface area contributed by atoms with Gasteiger partial charge in [-0.15, -0.1) is 0 Å². The monoisotopic (exact) mass is 355 g/mol. The van der Waals surface area contributed by atoms with Gasteiger partial charge in [0.05, 0.1) is 24.8 Å². The summed E-state index contributed by atoms with van der Waals surface area (Å²) in [6, 6.07) is 0.176. The smallest absolute Gasteiger partial charge is 0.0859 e. The van der Waals surface area contributed by atoms with Crippen molar-refractivity contribution in [1.29, 1.82) is 0 Å². The van der Waals surface area contributed by atoms with Gasteiger partial charge < -0.3 is 9.64 Å². The Bertz CT molecular complexity index is 759. The molecule has 1 spiro atoms. The summed E-state index contributed by atoms with van der Waals surface area (Å²) in [5.74, 6) is 0. The standard InChI is InChI=1S/C20H25N3OS/c1-23(2)9-10-24-12-17-11-16-7-6-15-13-25-14-18(15)19-5-3-4-8-20(16,19)22-21-17/h3-7,11,13-14,17,21-22H,8-10,12H2,1-2H3. The molecule has 3 aliphatic rings. The molecular formula is C20H25N3OS. The number of likely N-dealkylation sites (N-methyl/N-ethyl adjacent to an activating group) is 1. The van der Waals surface area contributed by atoms with Crippen molar-refractivity contribution in [2.75, 3.05) is 33.9 Å². The Labute approximate surface area is 153 Å². The maximum atomic E-state index is 5.84. The molecule has 0 amide bonds. The van der Waals surface area contributed by atoms with Crippen molar-refractivity contribution in [2.45, 2.75) is 18.0 Å². The lowest BCUT2D eigenvalue weighted by atomic mass is 9.74. The van der Waals surface area contributed by atoms with Crippen LogP contribution in [0.4, 0.5) is 0 Å². The number of rotatable bonds is 5. The van der Waals surface area contributed by atoms with Gasteiger partial charge in [0.1, 0.15) is 0 Å². The lowest BCUT2D eigenvalue weighted by molar-refractivity contribution is 0.0990. The summed E-state index contributed by atoms with van der Waals surface area (Å²) in [4.78, 5) is 2.14. The number of fused-ring (bicyclic) bond motifs is 2. The second-order valence-corrected chi connectivity index (χ2v) is 7.81. The minimum absolute atomic E-state index is 0.176. The van der Waals surface area contributed by atoms with Crippen molar-refractivity contribution < 1.29 is 4.74 Å². The fraction of sp³-hybridized carbons (Fsp3) is 0.400. The summed E-state index contributed by atoms with van der Waals surface area (Å²) in [6.45, 7) is 2.36. The van der Waals surface area contributed by atoms with Crippen LogP contribution in [0, 0.1) is 0 Å². The van der Waals surface area contributed by atoms with Gasteiger partial charge in [-0.25, -0.2) is 10.9 Å². The third-order valence-corrected chi connectivity index (χ3v) is 5.79. The van der Waals surface area contributed by atoms with Crippen molar-refractivity contribution in [3.05, 3.63) is 57.8 Å². The van der Waals surface area contributed by atoms with Crippen molar-refractivity contribution in [3.63, 3.8) is 0 Å². The van der Waals surface area contributed by atoms with E-state index in [9.17, 15) is 0 Å². The third kappa shape index (κ3) is 3.18. The van der Waals surface area contributed by atoms with Gasteiger partial charge in [-0.05, 0) is 53.5 Å². The summed E-state index contributed by atoms with van der Waals surface area (Å²) < 4.78 is 5.84. The Balaban J connectivity index is 1.58. The molecular weight excluding hydrogens is 330 g/mol. The van der Waals surface area contributed by atoms with E-state index in [0.717, 1.165) is 19.6 Å². The van der Waals surface area contributed by atoms with Crippen molar-refractivity contribution in [1.82, 2.24) is 15.8 Å². The molecule has 2 atom stereocenters. The number of ether oxygens (including phenoxy) is 1. The van der Waals surface area contributed by atoms with Gasteiger partial charge in [-0.1, -0.05) is 36.5 Å². The van der Waals surface area contributed by atoms with Gasteiger partial charge >= 0.3 is 0 Å². The van der Waals surface area contributed by atoms with E-state index in [1.807, 2.05) is 0 Å². The van der Waals surface area contributed by atoms with Crippen LogP contribution in [0.25, 0.3) is 11.6 Å². The quantitative estimate of drug-likeness (QED) is 0.797. The zero-order valence-corrected chi connectivity index (χ0v) is 15.6. The van der Waals surface area contributed by atoms with Crippen LogP contribution in [0.15, 0.2) is 46.7 Å². The Morgan fingerprint density at radius 2 is 2.24 bits per heavy atom. The molecule has 25 heavy (non-hydrogen) atoms. The maximum Gasteiger partial charge on any atom is 0.0859 e. The highest BCUT2D eigenvalue weighted by Crippen LogP contribution is 2.45. The predicted molar refractivity (Wildman–Crippen MR) is 105 cm³/mol. The van der Waals surface area contributed by atoms with Crippen LogP contribution in [0.5, 0.6) is 0 Å². The highest BCUT2D eigenvalue weighted by molar-refractivity contribution is 7.08. The molecule has 1 aromatic heterocycles. The highest BCUT2D eigenvalue weighted by Gasteiger charge is 2.42. The van der Waals surface area contributed by atoms with E-state index < -0.39 is 0 Å². The van der Waals surface area contributed by atoms with Crippen molar-refractivity contribution in [2.24, 2.45) is 0 Å². The maximum absolute atomic E-state index is 5.84. The first-order valence-corrected chi connectivity index (χ1v) is 9.73. The lowest BCUT2D eigenvalue weighted by Crippen LogP contribution is -2.61. The Hall–Kier alpha value is -1.50. The molecule has 0 radical (unpaired) electrons. The molecule has 2 aliphatic carbocycles. The predicted octanol–water partition coefficient (Wildman–Crippen LogP) is 2.84. The first-order valence-electron chi connectivity index (χ1n) is 8.78. The third-order valence-electron chi connectivity index (χ3n) is 5.03. The zero-order chi connectivity index (χ0) is 17.3. The molecule has 132 valence electrons. The van der Waals surface area contributed by atoms with Crippen LogP contribution in [-0.2, 0) is 4.74 Å². The average Bonchev–Trinajstić information content (AvgIpc) is 3.02. The fourth-order valence-corrected chi connectivity index (χ4v) is 4.46. The summed E-state index contributed by atoms with van der Waals surface area (Å²) in [5, 5.41) is 4.49. The highest BCUT2D eigenvalue weighted by atomic mass is 32.1. The normalized spacial score (nSPS) is 27.2. The van der Waals surface area contributed by atoms with Crippen LogP contribution < -0.4 is 10.9 Å². The van der Waals surface area contributed by atoms with E-state index in [1.165, 1.54) is 22.3 Å². The van der Waals surface area contributed by atoms with Crippen LogP contribution in [0.3, 0.4) is 0 Å². The number of hydrogen-bond donors (Lipinski definition) is 2. The first-order chi connectivity index (χ1) is 12.2. The fourth-order valence-electron chi connectivity index (χ4n) is 3.64. The van der Waals surface area contributed by atoms with Crippen LogP contribution in [-0.4, -0.2) is 50.3 Å². The molecule has 1 aliphatic heterocycles. The molecule has 5 heteroatoms. The Morgan fingerprint density at radius 1 is 1.32 bits per heavy atom. The van der Waals surface area contributed by atoms with Gasteiger partial charge in [0.2, 0.25) is 0 Å². The average molecular weight is 356 g/mol. The van der Waals surface area contributed by atoms with E-state index in [1.54, 1.807) is 11.3 Å². The van der Waals surface area contributed by atoms with Crippen molar-refractivity contribution >= 4 is 23.0 Å². The molecule has 4 nitrogen and oxygen atoms in total. The van der Waals surface area contributed by atoms with Gasteiger partial charge in [-0.3, -0.25) is 0 Å². The molecule has 4 rings (SSSR count). The Kier molecular flexibility index (Phi) is 4.75. The minimum Gasteiger partial charge on any atom is -0.378 e. The van der Waals surface area contributed by atoms with E-state index in [4.69, 9.17) is 4.74 Å². The van der Waals surface area contributed by atoms with Gasteiger partial charge in [-0.2, -0.15) is 11.3 Å². The summed E-state index contributed by atoms with van der Waals surface area (Å²) in [5.41, 5.74) is 12.2. The molecule has 1 aromatic rings. The molecule has 2 heterocycles.